The minimum atomic E-state index is -1.75. The SMILES string of the molecule is O=C(O)C1C2O[C@H]2C(O)C(O)[C@@H]1O[C@H]1OC(CO)[C@@H](O)C(O)C1O. The van der Waals surface area contributed by atoms with Crippen molar-refractivity contribution in [2.75, 3.05) is 6.61 Å². The van der Waals surface area contributed by atoms with Crippen LogP contribution in [0, 0.1) is 5.92 Å². The molecule has 0 amide bonds. The average molecular weight is 352 g/mol. The van der Waals surface area contributed by atoms with Crippen molar-refractivity contribution in [3.63, 3.8) is 0 Å². The van der Waals surface area contributed by atoms with Gasteiger partial charge in [-0.15, -0.1) is 0 Å². The third-order valence-electron chi connectivity index (χ3n) is 4.72. The first-order valence-corrected chi connectivity index (χ1v) is 7.48. The zero-order valence-corrected chi connectivity index (χ0v) is 12.3. The first kappa shape index (κ1) is 17.9. The van der Waals surface area contributed by atoms with Crippen LogP contribution in [0.5, 0.6) is 0 Å². The van der Waals surface area contributed by atoms with Gasteiger partial charge in [0.05, 0.1) is 6.61 Å². The number of hydrogen-bond acceptors (Lipinski definition) is 10. The molecule has 0 aromatic rings. The van der Waals surface area contributed by atoms with Crippen molar-refractivity contribution in [1.29, 1.82) is 0 Å². The highest BCUT2D eigenvalue weighted by Crippen LogP contribution is 2.43. The van der Waals surface area contributed by atoms with E-state index in [0.717, 1.165) is 0 Å². The molecule has 3 rings (SSSR count). The van der Waals surface area contributed by atoms with E-state index in [2.05, 4.69) is 0 Å². The summed E-state index contributed by atoms with van der Waals surface area (Å²) in [5.74, 6) is -2.65. The van der Waals surface area contributed by atoms with E-state index < -0.39 is 79.7 Å². The number of hydrogen-bond donors (Lipinski definition) is 7. The summed E-state index contributed by atoms with van der Waals surface area (Å²) in [6, 6.07) is 0. The van der Waals surface area contributed by atoms with Gasteiger partial charge in [0.25, 0.3) is 0 Å². The van der Waals surface area contributed by atoms with Crippen LogP contribution in [-0.2, 0) is 19.0 Å². The summed E-state index contributed by atoms with van der Waals surface area (Å²) in [5.41, 5.74) is 0. The highest BCUT2D eigenvalue weighted by atomic mass is 16.7. The van der Waals surface area contributed by atoms with Gasteiger partial charge in [0.2, 0.25) is 0 Å². The monoisotopic (exact) mass is 352 g/mol. The van der Waals surface area contributed by atoms with Gasteiger partial charge in [0.15, 0.2) is 6.29 Å². The van der Waals surface area contributed by atoms with Crippen molar-refractivity contribution in [1.82, 2.24) is 0 Å². The summed E-state index contributed by atoms with van der Waals surface area (Å²) >= 11 is 0. The number of carboxylic acids is 1. The van der Waals surface area contributed by atoms with Gasteiger partial charge in [-0.2, -0.15) is 0 Å². The van der Waals surface area contributed by atoms with Gasteiger partial charge in [0.1, 0.15) is 60.9 Å². The maximum Gasteiger partial charge on any atom is 0.312 e. The Labute approximate surface area is 135 Å². The lowest BCUT2D eigenvalue weighted by atomic mass is 9.82. The Morgan fingerprint density at radius 3 is 2.12 bits per heavy atom. The molecule has 0 radical (unpaired) electrons. The van der Waals surface area contributed by atoms with Crippen LogP contribution >= 0.6 is 0 Å². The maximum atomic E-state index is 11.4. The van der Waals surface area contributed by atoms with Crippen LogP contribution in [0.1, 0.15) is 0 Å². The molecule has 11 nitrogen and oxygen atoms in total. The second kappa shape index (κ2) is 6.44. The number of aliphatic hydroxyl groups excluding tert-OH is 6. The number of aliphatic carboxylic acids is 1. The molecule has 7 N–H and O–H groups in total. The average Bonchev–Trinajstić information content (AvgIpc) is 3.32. The Balaban J connectivity index is 1.78. The molecule has 2 aliphatic heterocycles. The van der Waals surface area contributed by atoms with E-state index in [1.54, 1.807) is 0 Å². The van der Waals surface area contributed by atoms with E-state index in [-0.39, 0.29) is 0 Å². The summed E-state index contributed by atoms with van der Waals surface area (Å²) in [6.45, 7) is -0.684. The topological polar surface area (TPSA) is 190 Å². The Kier molecular flexibility index (Phi) is 4.81. The van der Waals surface area contributed by atoms with Crippen LogP contribution in [0.25, 0.3) is 0 Å². The minimum absolute atomic E-state index is 0.684. The normalized spacial score (nSPS) is 54.2. The van der Waals surface area contributed by atoms with Crippen LogP contribution in [0.4, 0.5) is 0 Å². The van der Waals surface area contributed by atoms with E-state index >= 15 is 0 Å². The standard InChI is InChI=1S/C13H20O11/c14-1-2-4(15)5(16)8(19)13(22-2)24-9-3(12(20)21)10-11(23-10)7(18)6(9)17/h2-11,13-19H,1H2,(H,20,21)/t2?,3?,4-,5?,6?,7?,8?,9-,10?,11+,13-/m1/s1. The number of fused-ring (bicyclic) bond motifs is 1. The van der Waals surface area contributed by atoms with Gasteiger partial charge >= 0.3 is 5.97 Å². The van der Waals surface area contributed by atoms with Gasteiger partial charge in [0, 0.05) is 0 Å². The fourth-order valence-corrected chi connectivity index (χ4v) is 3.27. The van der Waals surface area contributed by atoms with E-state index in [1.807, 2.05) is 0 Å². The van der Waals surface area contributed by atoms with Gasteiger partial charge in [-0.05, 0) is 0 Å². The Bertz CT molecular complexity index is 485. The zero-order valence-electron chi connectivity index (χ0n) is 12.3. The summed E-state index contributed by atoms with van der Waals surface area (Å²) in [5, 5.41) is 67.8. The summed E-state index contributed by atoms with van der Waals surface area (Å²) in [4.78, 5) is 11.4. The predicted octanol–water partition coefficient (Wildman–Crippen LogP) is -4.62. The molecule has 0 bridgehead atoms. The molecule has 0 aromatic carbocycles. The second-order valence-electron chi connectivity index (χ2n) is 6.21. The Hall–Kier alpha value is -0.890. The third-order valence-corrected chi connectivity index (χ3v) is 4.72. The van der Waals surface area contributed by atoms with Crippen molar-refractivity contribution in [2.24, 2.45) is 5.92 Å². The number of carbonyl (C=O) groups is 1. The number of aliphatic hydroxyl groups is 6. The highest BCUT2D eigenvalue weighted by molar-refractivity contribution is 5.72. The van der Waals surface area contributed by atoms with Crippen molar-refractivity contribution < 1.29 is 54.8 Å². The van der Waals surface area contributed by atoms with Crippen LogP contribution in [0.15, 0.2) is 0 Å². The van der Waals surface area contributed by atoms with E-state index in [4.69, 9.17) is 19.3 Å². The molecule has 24 heavy (non-hydrogen) atoms. The molecule has 138 valence electrons. The van der Waals surface area contributed by atoms with E-state index in [1.165, 1.54) is 0 Å². The fraction of sp³-hybridized carbons (Fsp3) is 0.923. The molecule has 11 atom stereocenters. The van der Waals surface area contributed by atoms with Gasteiger partial charge in [-0.3, -0.25) is 4.79 Å². The second-order valence-corrected chi connectivity index (χ2v) is 6.21. The van der Waals surface area contributed by atoms with Crippen molar-refractivity contribution >= 4 is 5.97 Å². The minimum Gasteiger partial charge on any atom is -0.481 e. The molecule has 7 unspecified atom stereocenters. The molecule has 1 saturated carbocycles. The van der Waals surface area contributed by atoms with Crippen molar-refractivity contribution in [3.05, 3.63) is 0 Å². The fourth-order valence-electron chi connectivity index (χ4n) is 3.27. The molecule has 2 heterocycles. The lowest BCUT2D eigenvalue weighted by molar-refractivity contribution is -0.324. The molecule has 0 spiro atoms. The predicted molar refractivity (Wildman–Crippen MR) is 70.4 cm³/mol. The molecular formula is C13H20O11. The Morgan fingerprint density at radius 1 is 0.875 bits per heavy atom. The number of epoxide rings is 1. The quantitative estimate of drug-likeness (QED) is 0.241. The van der Waals surface area contributed by atoms with Crippen LogP contribution in [0.2, 0.25) is 0 Å². The van der Waals surface area contributed by atoms with Crippen molar-refractivity contribution in [3.8, 4) is 0 Å². The maximum absolute atomic E-state index is 11.4. The smallest absolute Gasteiger partial charge is 0.312 e. The van der Waals surface area contributed by atoms with Crippen LogP contribution < -0.4 is 0 Å². The van der Waals surface area contributed by atoms with Crippen molar-refractivity contribution in [2.45, 2.75) is 61.2 Å². The molecule has 1 aliphatic carbocycles. The first-order chi connectivity index (χ1) is 11.3. The largest absolute Gasteiger partial charge is 0.481 e. The zero-order chi connectivity index (χ0) is 17.8. The highest BCUT2D eigenvalue weighted by Gasteiger charge is 2.64. The molecular weight excluding hydrogens is 332 g/mol. The molecule has 2 saturated heterocycles. The molecule has 3 aliphatic rings. The van der Waals surface area contributed by atoms with E-state index in [9.17, 15) is 35.4 Å². The molecule has 11 heteroatoms. The number of ether oxygens (including phenoxy) is 3. The molecule has 3 fully saturated rings. The van der Waals surface area contributed by atoms with E-state index in [0.29, 0.717) is 0 Å². The third kappa shape index (κ3) is 2.81. The first-order valence-electron chi connectivity index (χ1n) is 7.48. The summed E-state index contributed by atoms with van der Waals surface area (Å²) < 4.78 is 15.5. The summed E-state index contributed by atoms with van der Waals surface area (Å²) in [7, 11) is 0. The van der Waals surface area contributed by atoms with Crippen LogP contribution in [-0.4, -0.2) is 110 Å². The van der Waals surface area contributed by atoms with Gasteiger partial charge in [-0.25, -0.2) is 0 Å². The lowest BCUT2D eigenvalue weighted by Gasteiger charge is -2.43. The summed E-state index contributed by atoms with van der Waals surface area (Å²) in [6.07, 6.45) is -14.1. The molecule has 0 aromatic heterocycles. The Morgan fingerprint density at radius 2 is 1.54 bits per heavy atom. The number of carboxylic acid groups (broad SMARTS) is 1. The lowest BCUT2D eigenvalue weighted by Crippen LogP contribution is -2.62. The number of rotatable bonds is 4. The van der Waals surface area contributed by atoms with Gasteiger partial charge < -0.3 is 50.0 Å². The van der Waals surface area contributed by atoms with Crippen LogP contribution in [0.3, 0.4) is 0 Å². The van der Waals surface area contributed by atoms with Gasteiger partial charge in [-0.1, -0.05) is 0 Å².